The molecule has 3 nitrogen and oxygen atoms in total. The van der Waals surface area contributed by atoms with Crippen molar-refractivity contribution < 1.29 is 9.53 Å². The minimum atomic E-state index is -0.0571. The summed E-state index contributed by atoms with van der Waals surface area (Å²) < 4.78 is 5.48. The minimum Gasteiger partial charge on any atom is -0.489 e. The SMILES string of the molecule is C=CCOc1cccc(NC(=O)Cc2ccc(-c3ccccc3)cc2)c1. The molecule has 3 heteroatoms. The van der Waals surface area contributed by atoms with Gasteiger partial charge in [-0.25, -0.2) is 0 Å². The Morgan fingerprint density at radius 3 is 2.38 bits per heavy atom. The van der Waals surface area contributed by atoms with Crippen molar-refractivity contribution in [3.63, 3.8) is 0 Å². The van der Waals surface area contributed by atoms with Crippen LogP contribution in [0.4, 0.5) is 5.69 Å². The smallest absolute Gasteiger partial charge is 0.228 e. The first-order valence-electron chi connectivity index (χ1n) is 8.52. The van der Waals surface area contributed by atoms with E-state index in [1.807, 2.05) is 60.7 Å². The van der Waals surface area contributed by atoms with Crippen LogP contribution in [-0.4, -0.2) is 12.5 Å². The zero-order valence-electron chi connectivity index (χ0n) is 14.5. The van der Waals surface area contributed by atoms with Crippen molar-refractivity contribution in [3.8, 4) is 16.9 Å². The second-order valence-electron chi connectivity index (χ2n) is 5.92. The Balaban J connectivity index is 1.60. The molecule has 0 aliphatic rings. The zero-order chi connectivity index (χ0) is 18.2. The number of anilines is 1. The molecule has 0 radical (unpaired) electrons. The molecule has 0 fully saturated rings. The van der Waals surface area contributed by atoms with Crippen LogP contribution in [0.2, 0.25) is 0 Å². The van der Waals surface area contributed by atoms with Crippen molar-refractivity contribution in [2.24, 2.45) is 0 Å². The maximum atomic E-state index is 12.3. The summed E-state index contributed by atoms with van der Waals surface area (Å²) in [6, 6.07) is 25.6. The van der Waals surface area contributed by atoms with Crippen molar-refractivity contribution in [1.29, 1.82) is 0 Å². The Morgan fingerprint density at radius 2 is 1.65 bits per heavy atom. The van der Waals surface area contributed by atoms with E-state index < -0.39 is 0 Å². The first-order valence-corrected chi connectivity index (χ1v) is 8.52. The second kappa shape index (κ2) is 8.67. The average Bonchev–Trinajstić information content (AvgIpc) is 2.68. The third-order valence-electron chi connectivity index (χ3n) is 3.91. The molecule has 0 saturated heterocycles. The van der Waals surface area contributed by atoms with E-state index in [1.54, 1.807) is 12.1 Å². The monoisotopic (exact) mass is 343 g/mol. The van der Waals surface area contributed by atoms with Crippen LogP contribution in [-0.2, 0) is 11.2 Å². The largest absolute Gasteiger partial charge is 0.489 e. The van der Waals surface area contributed by atoms with Crippen molar-refractivity contribution >= 4 is 11.6 Å². The highest BCUT2D eigenvalue weighted by atomic mass is 16.5. The lowest BCUT2D eigenvalue weighted by Gasteiger charge is -2.09. The topological polar surface area (TPSA) is 38.3 Å². The molecule has 1 N–H and O–H groups in total. The summed E-state index contributed by atoms with van der Waals surface area (Å²) in [7, 11) is 0. The van der Waals surface area contributed by atoms with Gasteiger partial charge in [-0.3, -0.25) is 4.79 Å². The van der Waals surface area contributed by atoms with Crippen LogP contribution < -0.4 is 10.1 Å². The fourth-order valence-corrected chi connectivity index (χ4v) is 2.66. The van der Waals surface area contributed by atoms with Gasteiger partial charge in [0.15, 0.2) is 0 Å². The number of carbonyl (C=O) groups excluding carboxylic acids is 1. The maximum Gasteiger partial charge on any atom is 0.228 e. The van der Waals surface area contributed by atoms with Crippen molar-refractivity contribution in [3.05, 3.63) is 97.1 Å². The first kappa shape index (κ1) is 17.5. The molecule has 0 spiro atoms. The molecule has 0 atom stereocenters. The molecule has 0 unspecified atom stereocenters. The molecule has 3 aromatic carbocycles. The number of ether oxygens (including phenoxy) is 1. The lowest BCUT2D eigenvalue weighted by atomic mass is 10.0. The number of rotatable bonds is 7. The van der Waals surface area contributed by atoms with Gasteiger partial charge >= 0.3 is 0 Å². The number of carbonyl (C=O) groups is 1. The van der Waals surface area contributed by atoms with Crippen LogP contribution in [0, 0.1) is 0 Å². The quantitative estimate of drug-likeness (QED) is 0.606. The Morgan fingerprint density at radius 1 is 0.923 bits per heavy atom. The van der Waals surface area contributed by atoms with Crippen LogP contribution in [0.25, 0.3) is 11.1 Å². The second-order valence-corrected chi connectivity index (χ2v) is 5.92. The number of hydrogen-bond acceptors (Lipinski definition) is 2. The van der Waals surface area contributed by atoms with E-state index >= 15 is 0 Å². The molecule has 0 aromatic heterocycles. The van der Waals surface area contributed by atoms with E-state index in [0.717, 1.165) is 16.8 Å². The number of benzene rings is 3. The summed E-state index contributed by atoms with van der Waals surface area (Å²) in [4.78, 5) is 12.3. The van der Waals surface area contributed by atoms with E-state index in [-0.39, 0.29) is 5.91 Å². The fraction of sp³-hybridized carbons (Fsp3) is 0.0870. The summed E-state index contributed by atoms with van der Waals surface area (Å²) in [6.45, 7) is 4.06. The van der Waals surface area contributed by atoms with Crippen LogP contribution >= 0.6 is 0 Å². The van der Waals surface area contributed by atoms with Gasteiger partial charge in [0.25, 0.3) is 0 Å². The van der Waals surface area contributed by atoms with Gasteiger partial charge in [-0.15, -0.1) is 0 Å². The van der Waals surface area contributed by atoms with E-state index in [1.165, 1.54) is 5.56 Å². The van der Waals surface area contributed by atoms with Gasteiger partial charge in [-0.05, 0) is 28.8 Å². The molecule has 0 heterocycles. The first-order chi connectivity index (χ1) is 12.7. The zero-order valence-corrected chi connectivity index (χ0v) is 14.5. The molecule has 0 bridgehead atoms. The van der Waals surface area contributed by atoms with Crippen molar-refractivity contribution in [2.45, 2.75) is 6.42 Å². The summed E-state index contributed by atoms with van der Waals surface area (Å²) >= 11 is 0. The van der Waals surface area contributed by atoms with Crippen LogP contribution in [0.15, 0.2) is 91.5 Å². The predicted molar refractivity (Wildman–Crippen MR) is 106 cm³/mol. The number of amides is 1. The molecule has 0 aliphatic heterocycles. The van der Waals surface area contributed by atoms with Gasteiger partial charge in [0, 0.05) is 11.8 Å². The predicted octanol–water partition coefficient (Wildman–Crippen LogP) is 5.10. The molecule has 0 aliphatic carbocycles. The highest BCUT2D eigenvalue weighted by molar-refractivity contribution is 5.92. The van der Waals surface area contributed by atoms with E-state index in [9.17, 15) is 4.79 Å². The molecule has 3 aromatic rings. The standard InChI is InChI=1S/C23H21NO2/c1-2-15-26-22-10-6-9-21(17-22)24-23(25)16-18-11-13-20(14-12-18)19-7-4-3-5-8-19/h2-14,17H,1,15-16H2,(H,24,25). The molecular weight excluding hydrogens is 322 g/mol. The Hall–Kier alpha value is -3.33. The van der Waals surface area contributed by atoms with Gasteiger partial charge in [-0.2, -0.15) is 0 Å². The summed E-state index contributed by atoms with van der Waals surface area (Å²) in [5, 5.41) is 2.91. The fourth-order valence-electron chi connectivity index (χ4n) is 2.66. The van der Waals surface area contributed by atoms with E-state index in [0.29, 0.717) is 18.8 Å². The van der Waals surface area contributed by atoms with Gasteiger partial charge in [0.05, 0.1) is 6.42 Å². The molecule has 130 valence electrons. The number of hydrogen-bond donors (Lipinski definition) is 1. The van der Waals surface area contributed by atoms with E-state index in [4.69, 9.17) is 4.74 Å². The van der Waals surface area contributed by atoms with Gasteiger partial charge in [0.2, 0.25) is 5.91 Å². The van der Waals surface area contributed by atoms with Crippen molar-refractivity contribution in [2.75, 3.05) is 11.9 Å². The molecule has 1 amide bonds. The highest BCUT2D eigenvalue weighted by Gasteiger charge is 2.06. The lowest BCUT2D eigenvalue weighted by molar-refractivity contribution is -0.115. The molecule has 26 heavy (non-hydrogen) atoms. The Kier molecular flexibility index (Phi) is 5.84. The Bertz CT molecular complexity index is 870. The van der Waals surface area contributed by atoms with Gasteiger partial charge < -0.3 is 10.1 Å². The van der Waals surface area contributed by atoms with Crippen molar-refractivity contribution in [1.82, 2.24) is 0 Å². The Labute approximate surface area is 154 Å². The summed E-state index contributed by atoms with van der Waals surface area (Å²) in [5.74, 6) is 0.647. The van der Waals surface area contributed by atoms with Gasteiger partial charge in [-0.1, -0.05) is 73.3 Å². The van der Waals surface area contributed by atoms with Crippen LogP contribution in [0.3, 0.4) is 0 Å². The summed E-state index contributed by atoms with van der Waals surface area (Å²) in [6.07, 6.45) is 2.01. The van der Waals surface area contributed by atoms with Crippen LogP contribution in [0.1, 0.15) is 5.56 Å². The lowest BCUT2D eigenvalue weighted by Crippen LogP contribution is -2.14. The average molecular weight is 343 g/mol. The minimum absolute atomic E-state index is 0.0571. The number of nitrogens with one attached hydrogen (secondary N) is 1. The molecule has 0 saturated carbocycles. The normalized spacial score (nSPS) is 10.2. The van der Waals surface area contributed by atoms with E-state index in [2.05, 4.69) is 24.0 Å². The molecule has 3 rings (SSSR count). The molecular formula is C23H21NO2. The third-order valence-corrected chi connectivity index (χ3v) is 3.91. The maximum absolute atomic E-state index is 12.3. The van der Waals surface area contributed by atoms with Crippen LogP contribution in [0.5, 0.6) is 5.75 Å². The summed E-state index contributed by atoms with van der Waals surface area (Å²) in [5.41, 5.74) is 4.00. The van der Waals surface area contributed by atoms with Gasteiger partial charge in [0.1, 0.15) is 12.4 Å². The third kappa shape index (κ3) is 4.84. The highest BCUT2D eigenvalue weighted by Crippen LogP contribution is 2.20.